The summed E-state index contributed by atoms with van der Waals surface area (Å²) in [5.74, 6) is -0.605. The van der Waals surface area contributed by atoms with Crippen LogP contribution in [0.2, 0.25) is 0 Å². The summed E-state index contributed by atoms with van der Waals surface area (Å²) in [6.07, 6.45) is 0.946. The zero-order chi connectivity index (χ0) is 18.4. The van der Waals surface area contributed by atoms with E-state index in [1.165, 1.54) is 0 Å². The second-order valence-corrected chi connectivity index (χ2v) is 6.03. The lowest BCUT2D eigenvalue weighted by Crippen LogP contribution is -2.34. The molecule has 28 heavy (non-hydrogen) atoms. The van der Waals surface area contributed by atoms with Gasteiger partial charge in [0, 0.05) is 13.1 Å². The molecule has 3 rings (SSSR count). The molecular formula is C20H25Cl2N3O3. The Morgan fingerprint density at radius 1 is 1.11 bits per heavy atom. The largest absolute Gasteiger partial charge is 0.462 e. The van der Waals surface area contributed by atoms with Crippen LogP contribution in [0.3, 0.4) is 0 Å². The highest BCUT2D eigenvalue weighted by molar-refractivity contribution is 6.02. The summed E-state index contributed by atoms with van der Waals surface area (Å²) in [6.45, 7) is 3.93. The Balaban J connectivity index is 0.00000196. The Hall–Kier alpha value is -2.44. The van der Waals surface area contributed by atoms with E-state index in [0.29, 0.717) is 17.9 Å². The molecule has 0 fully saturated rings. The van der Waals surface area contributed by atoms with Crippen LogP contribution in [0.5, 0.6) is 0 Å². The number of nitrogens with one attached hydrogen (secondary N) is 2. The summed E-state index contributed by atoms with van der Waals surface area (Å²) in [5.41, 5.74) is 2.88. The number of anilines is 3. The van der Waals surface area contributed by atoms with Gasteiger partial charge in [-0.2, -0.15) is 0 Å². The van der Waals surface area contributed by atoms with Crippen LogP contribution in [-0.4, -0.2) is 38.1 Å². The van der Waals surface area contributed by atoms with Crippen molar-refractivity contribution in [3.05, 3.63) is 54.1 Å². The minimum absolute atomic E-state index is 0. The molecule has 2 aromatic rings. The number of halogens is 2. The van der Waals surface area contributed by atoms with E-state index in [1.54, 1.807) is 31.2 Å². The van der Waals surface area contributed by atoms with Gasteiger partial charge in [0.2, 0.25) is 5.91 Å². The second-order valence-electron chi connectivity index (χ2n) is 6.03. The first-order valence-corrected chi connectivity index (χ1v) is 8.83. The van der Waals surface area contributed by atoms with Crippen molar-refractivity contribution >= 4 is 53.8 Å². The number of rotatable bonds is 5. The summed E-state index contributed by atoms with van der Waals surface area (Å²) in [7, 11) is 0. The number of ether oxygens (including phenoxy) is 1. The molecule has 0 saturated carbocycles. The van der Waals surface area contributed by atoms with Crippen LogP contribution in [0.4, 0.5) is 17.1 Å². The molecule has 0 bridgehead atoms. The third-order valence-corrected chi connectivity index (χ3v) is 4.20. The van der Waals surface area contributed by atoms with E-state index < -0.39 is 5.97 Å². The molecule has 152 valence electrons. The number of carbonyl (C=O) groups excluding carboxylic acids is 2. The fourth-order valence-corrected chi connectivity index (χ4v) is 3.02. The number of fused-ring (bicyclic) bond motifs is 1. The molecule has 2 aromatic carbocycles. The van der Waals surface area contributed by atoms with Crippen molar-refractivity contribution < 1.29 is 14.3 Å². The molecule has 0 spiro atoms. The van der Waals surface area contributed by atoms with Crippen molar-refractivity contribution in [2.75, 3.05) is 41.8 Å². The van der Waals surface area contributed by atoms with Gasteiger partial charge in [-0.25, -0.2) is 4.79 Å². The summed E-state index contributed by atoms with van der Waals surface area (Å²) in [4.78, 5) is 26.7. The molecule has 0 radical (unpaired) electrons. The average molecular weight is 426 g/mol. The maximum absolute atomic E-state index is 12.6. The molecule has 0 saturated heterocycles. The van der Waals surface area contributed by atoms with E-state index in [4.69, 9.17) is 4.74 Å². The molecule has 6 nitrogen and oxygen atoms in total. The molecule has 2 N–H and O–H groups in total. The fourth-order valence-electron chi connectivity index (χ4n) is 3.02. The van der Waals surface area contributed by atoms with Gasteiger partial charge < -0.3 is 20.3 Å². The third kappa shape index (κ3) is 5.78. The van der Waals surface area contributed by atoms with Crippen LogP contribution in [0.25, 0.3) is 0 Å². The zero-order valence-corrected chi connectivity index (χ0v) is 17.3. The van der Waals surface area contributed by atoms with Gasteiger partial charge in [0.25, 0.3) is 0 Å². The van der Waals surface area contributed by atoms with Gasteiger partial charge in [-0.3, -0.25) is 4.79 Å². The highest BCUT2D eigenvalue weighted by Gasteiger charge is 2.19. The topological polar surface area (TPSA) is 70.7 Å². The SMILES string of the molecule is CCOC(=O)c1ccccc1NC(=O)CN1CCCNc2ccccc21.Cl.Cl. The van der Waals surface area contributed by atoms with E-state index in [1.807, 2.05) is 24.3 Å². The maximum Gasteiger partial charge on any atom is 0.340 e. The summed E-state index contributed by atoms with van der Waals surface area (Å²) in [6, 6.07) is 14.9. The minimum Gasteiger partial charge on any atom is -0.462 e. The predicted octanol–water partition coefficient (Wildman–Crippen LogP) is 3.97. The van der Waals surface area contributed by atoms with Gasteiger partial charge in [0.1, 0.15) is 0 Å². The molecule has 1 heterocycles. The Bertz CT molecular complexity index is 802. The number of carbonyl (C=O) groups is 2. The standard InChI is InChI=1S/C20H23N3O3.2ClH/c1-2-26-20(25)15-8-3-4-9-16(15)22-19(24)14-23-13-7-12-21-17-10-5-6-11-18(17)23;;/h3-6,8-11,21H,2,7,12-14H2,1H3,(H,22,24);2*1H. The second kappa shape index (κ2) is 11.4. The first-order valence-electron chi connectivity index (χ1n) is 8.83. The van der Waals surface area contributed by atoms with Crippen LogP contribution in [0.15, 0.2) is 48.5 Å². The van der Waals surface area contributed by atoms with Crippen LogP contribution >= 0.6 is 24.8 Å². The van der Waals surface area contributed by atoms with E-state index in [2.05, 4.69) is 15.5 Å². The van der Waals surface area contributed by atoms with Crippen LogP contribution in [0, 0.1) is 0 Å². The quantitative estimate of drug-likeness (QED) is 0.709. The first-order chi connectivity index (χ1) is 12.7. The summed E-state index contributed by atoms with van der Waals surface area (Å²) >= 11 is 0. The Labute approximate surface area is 177 Å². The van der Waals surface area contributed by atoms with Crippen molar-refractivity contribution in [2.45, 2.75) is 13.3 Å². The van der Waals surface area contributed by atoms with E-state index in [9.17, 15) is 9.59 Å². The Morgan fingerprint density at radius 3 is 2.61 bits per heavy atom. The fraction of sp³-hybridized carbons (Fsp3) is 0.300. The first kappa shape index (κ1) is 23.6. The Kier molecular flexibility index (Phi) is 9.62. The molecule has 0 atom stereocenters. The zero-order valence-electron chi connectivity index (χ0n) is 15.6. The average Bonchev–Trinajstić information content (AvgIpc) is 2.85. The number of esters is 1. The monoisotopic (exact) mass is 425 g/mol. The molecule has 1 aliphatic heterocycles. The molecule has 0 aliphatic carbocycles. The van der Waals surface area contributed by atoms with Crippen molar-refractivity contribution in [3.63, 3.8) is 0 Å². The Morgan fingerprint density at radius 2 is 1.82 bits per heavy atom. The van der Waals surface area contributed by atoms with E-state index in [-0.39, 0.29) is 37.3 Å². The molecular weight excluding hydrogens is 401 g/mol. The molecule has 0 aromatic heterocycles. The number of para-hydroxylation sites is 3. The van der Waals surface area contributed by atoms with Crippen molar-refractivity contribution in [1.29, 1.82) is 0 Å². The van der Waals surface area contributed by atoms with Gasteiger partial charge in [0.15, 0.2) is 0 Å². The number of benzene rings is 2. The lowest BCUT2D eigenvalue weighted by atomic mass is 10.1. The molecule has 8 heteroatoms. The normalized spacial score (nSPS) is 12.2. The predicted molar refractivity (Wildman–Crippen MR) is 117 cm³/mol. The van der Waals surface area contributed by atoms with Crippen LogP contribution in [0.1, 0.15) is 23.7 Å². The number of amides is 1. The minimum atomic E-state index is -0.437. The van der Waals surface area contributed by atoms with Crippen molar-refractivity contribution in [1.82, 2.24) is 0 Å². The number of nitrogens with zero attached hydrogens (tertiary/aromatic N) is 1. The van der Waals surface area contributed by atoms with Gasteiger partial charge in [-0.15, -0.1) is 24.8 Å². The smallest absolute Gasteiger partial charge is 0.340 e. The number of hydrogen-bond donors (Lipinski definition) is 2. The highest BCUT2D eigenvalue weighted by atomic mass is 35.5. The van der Waals surface area contributed by atoms with Gasteiger partial charge in [-0.1, -0.05) is 24.3 Å². The molecule has 1 aliphatic rings. The van der Waals surface area contributed by atoms with E-state index >= 15 is 0 Å². The van der Waals surface area contributed by atoms with Gasteiger partial charge in [-0.05, 0) is 37.6 Å². The van der Waals surface area contributed by atoms with Crippen LogP contribution in [-0.2, 0) is 9.53 Å². The van der Waals surface area contributed by atoms with Gasteiger partial charge >= 0.3 is 5.97 Å². The summed E-state index contributed by atoms with van der Waals surface area (Å²) in [5, 5.41) is 6.23. The highest BCUT2D eigenvalue weighted by Crippen LogP contribution is 2.27. The third-order valence-electron chi connectivity index (χ3n) is 4.20. The number of hydrogen-bond acceptors (Lipinski definition) is 5. The molecule has 0 unspecified atom stereocenters. The lowest BCUT2D eigenvalue weighted by Gasteiger charge is -2.24. The van der Waals surface area contributed by atoms with E-state index in [0.717, 1.165) is 30.9 Å². The van der Waals surface area contributed by atoms with Crippen LogP contribution < -0.4 is 15.5 Å². The molecule has 1 amide bonds. The van der Waals surface area contributed by atoms with Gasteiger partial charge in [0.05, 0.1) is 35.8 Å². The van der Waals surface area contributed by atoms with Crippen molar-refractivity contribution in [3.8, 4) is 0 Å². The maximum atomic E-state index is 12.6. The van der Waals surface area contributed by atoms with Crippen molar-refractivity contribution in [2.24, 2.45) is 0 Å². The summed E-state index contributed by atoms with van der Waals surface area (Å²) < 4.78 is 5.05. The lowest BCUT2D eigenvalue weighted by molar-refractivity contribution is -0.115.